The normalized spacial score (nSPS) is 11.8. The van der Waals surface area contributed by atoms with Crippen molar-refractivity contribution in [3.05, 3.63) is 17.5 Å². The second-order valence-electron chi connectivity index (χ2n) is 3.08. The first kappa shape index (κ1) is 13.0. The van der Waals surface area contributed by atoms with Crippen molar-refractivity contribution in [2.75, 3.05) is 12.4 Å². The summed E-state index contributed by atoms with van der Waals surface area (Å²) in [6, 6.07) is 3.33. The van der Waals surface area contributed by atoms with Gasteiger partial charge in [-0.3, -0.25) is 0 Å². The molecule has 0 aliphatic heterocycles. The van der Waals surface area contributed by atoms with E-state index in [0.717, 1.165) is 19.3 Å². The molecule has 0 aliphatic rings. The molecule has 0 radical (unpaired) electrons. The highest BCUT2D eigenvalue weighted by Crippen LogP contribution is 2.15. The van der Waals surface area contributed by atoms with Crippen LogP contribution in [0.25, 0.3) is 0 Å². The largest absolute Gasteiger partial charge is 0.250 e. The Morgan fingerprint density at radius 1 is 1.33 bits per heavy atom. The summed E-state index contributed by atoms with van der Waals surface area (Å²) >= 11 is 6.74. The standard InChI is InChI=1S/C9H14ClNO2S2/c10-6-2-1-3-7-11-15(12,13)9-5-4-8-14-9/h4-5,8,11H,1-3,6-7H2. The van der Waals surface area contributed by atoms with Gasteiger partial charge in [-0.2, -0.15) is 0 Å². The van der Waals surface area contributed by atoms with Crippen LogP contribution in [0, 0.1) is 0 Å². The molecule has 0 atom stereocenters. The maximum atomic E-state index is 11.6. The van der Waals surface area contributed by atoms with Crippen LogP contribution in [-0.4, -0.2) is 20.8 Å². The molecule has 0 aliphatic carbocycles. The Kier molecular flexibility index (Phi) is 5.60. The average molecular weight is 268 g/mol. The van der Waals surface area contributed by atoms with Crippen LogP contribution >= 0.6 is 22.9 Å². The molecular weight excluding hydrogens is 254 g/mol. The number of nitrogens with one attached hydrogen (secondary N) is 1. The minimum atomic E-state index is -3.27. The maximum absolute atomic E-state index is 11.6. The van der Waals surface area contributed by atoms with Crippen LogP contribution < -0.4 is 4.72 Å². The number of thiophene rings is 1. The van der Waals surface area contributed by atoms with Crippen LogP contribution in [0.1, 0.15) is 19.3 Å². The van der Waals surface area contributed by atoms with Gasteiger partial charge in [0.2, 0.25) is 10.0 Å². The first-order valence-electron chi connectivity index (χ1n) is 4.76. The molecule has 0 fully saturated rings. The number of sulfonamides is 1. The highest BCUT2D eigenvalue weighted by atomic mass is 35.5. The molecule has 0 amide bonds. The maximum Gasteiger partial charge on any atom is 0.250 e. The fraction of sp³-hybridized carbons (Fsp3) is 0.556. The molecule has 0 unspecified atom stereocenters. The van der Waals surface area contributed by atoms with Crippen LogP contribution in [0.2, 0.25) is 0 Å². The summed E-state index contributed by atoms with van der Waals surface area (Å²) in [4.78, 5) is 0. The number of hydrogen-bond donors (Lipinski definition) is 1. The van der Waals surface area contributed by atoms with Crippen molar-refractivity contribution in [1.29, 1.82) is 0 Å². The molecule has 0 saturated heterocycles. The zero-order chi connectivity index (χ0) is 11.1. The van der Waals surface area contributed by atoms with Crippen molar-refractivity contribution < 1.29 is 8.42 Å². The number of hydrogen-bond acceptors (Lipinski definition) is 3. The van der Waals surface area contributed by atoms with E-state index in [-0.39, 0.29) is 0 Å². The third-order valence-electron chi connectivity index (χ3n) is 1.86. The topological polar surface area (TPSA) is 46.2 Å². The summed E-state index contributed by atoms with van der Waals surface area (Å²) in [6.45, 7) is 0.483. The van der Waals surface area contributed by atoms with Crippen LogP contribution in [0.15, 0.2) is 21.7 Å². The summed E-state index contributed by atoms with van der Waals surface area (Å²) in [5.41, 5.74) is 0. The predicted octanol–water partition coefficient (Wildman–Crippen LogP) is 2.44. The average Bonchev–Trinajstić information content (AvgIpc) is 2.70. The lowest BCUT2D eigenvalue weighted by atomic mass is 10.2. The van der Waals surface area contributed by atoms with E-state index in [2.05, 4.69) is 4.72 Å². The van der Waals surface area contributed by atoms with E-state index < -0.39 is 10.0 Å². The van der Waals surface area contributed by atoms with Crippen molar-refractivity contribution in [2.24, 2.45) is 0 Å². The molecule has 1 N–H and O–H groups in total. The zero-order valence-electron chi connectivity index (χ0n) is 8.28. The smallest absolute Gasteiger partial charge is 0.210 e. The number of alkyl halides is 1. The van der Waals surface area contributed by atoms with Crippen molar-refractivity contribution in [1.82, 2.24) is 4.72 Å². The summed E-state index contributed by atoms with van der Waals surface area (Å²) in [5, 5.41) is 1.75. The van der Waals surface area contributed by atoms with Crippen molar-refractivity contribution in [3.63, 3.8) is 0 Å². The molecule has 0 spiro atoms. The van der Waals surface area contributed by atoms with Gasteiger partial charge in [-0.15, -0.1) is 22.9 Å². The lowest BCUT2D eigenvalue weighted by Crippen LogP contribution is -2.23. The van der Waals surface area contributed by atoms with Crippen LogP contribution in [0.5, 0.6) is 0 Å². The van der Waals surface area contributed by atoms with E-state index >= 15 is 0 Å². The van der Waals surface area contributed by atoms with Crippen molar-refractivity contribution in [2.45, 2.75) is 23.5 Å². The Bertz CT molecular complexity index is 361. The van der Waals surface area contributed by atoms with Gasteiger partial charge in [0, 0.05) is 12.4 Å². The predicted molar refractivity (Wildman–Crippen MR) is 64.1 cm³/mol. The van der Waals surface area contributed by atoms with E-state index in [0.29, 0.717) is 16.6 Å². The summed E-state index contributed by atoms with van der Waals surface area (Å²) in [7, 11) is -3.27. The third-order valence-corrected chi connectivity index (χ3v) is 4.99. The van der Waals surface area contributed by atoms with Gasteiger partial charge in [0.15, 0.2) is 0 Å². The van der Waals surface area contributed by atoms with Crippen molar-refractivity contribution >= 4 is 33.0 Å². The fourth-order valence-corrected chi connectivity index (χ4v) is 3.39. The molecule has 86 valence electrons. The van der Waals surface area contributed by atoms with Crippen LogP contribution in [0.3, 0.4) is 0 Å². The first-order chi connectivity index (χ1) is 7.17. The molecule has 1 heterocycles. The van der Waals surface area contributed by atoms with Gasteiger partial charge in [0.25, 0.3) is 0 Å². The van der Waals surface area contributed by atoms with Gasteiger partial charge in [0.05, 0.1) is 0 Å². The van der Waals surface area contributed by atoms with Gasteiger partial charge in [-0.25, -0.2) is 13.1 Å². The zero-order valence-corrected chi connectivity index (χ0v) is 10.7. The Balaban J connectivity index is 2.32. The first-order valence-corrected chi connectivity index (χ1v) is 7.65. The number of unbranched alkanes of at least 4 members (excludes halogenated alkanes) is 2. The summed E-state index contributed by atoms with van der Waals surface area (Å²) in [6.07, 6.45) is 2.72. The van der Waals surface area contributed by atoms with Gasteiger partial charge < -0.3 is 0 Å². The summed E-state index contributed by atoms with van der Waals surface area (Å²) < 4.78 is 26.1. The molecule has 1 aromatic heterocycles. The second kappa shape index (κ2) is 6.48. The number of halogens is 1. The molecule has 0 aromatic carbocycles. The van der Waals surface area contributed by atoms with Crippen LogP contribution in [0.4, 0.5) is 0 Å². The van der Waals surface area contributed by atoms with Gasteiger partial charge in [-0.1, -0.05) is 12.5 Å². The third kappa shape index (κ3) is 4.51. The highest BCUT2D eigenvalue weighted by Gasteiger charge is 2.13. The SMILES string of the molecule is O=S(=O)(NCCCCCCl)c1cccs1. The molecule has 6 heteroatoms. The summed E-state index contributed by atoms with van der Waals surface area (Å²) in [5.74, 6) is 0.637. The molecule has 0 bridgehead atoms. The van der Waals surface area contributed by atoms with Crippen molar-refractivity contribution in [3.8, 4) is 0 Å². The minimum absolute atomic E-state index is 0.375. The highest BCUT2D eigenvalue weighted by molar-refractivity contribution is 7.91. The Morgan fingerprint density at radius 2 is 2.13 bits per heavy atom. The van der Waals surface area contributed by atoms with Gasteiger partial charge in [0.1, 0.15) is 4.21 Å². The van der Waals surface area contributed by atoms with E-state index in [9.17, 15) is 8.42 Å². The monoisotopic (exact) mass is 267 g/mol. The Labute approximate surface area is 99.5 Å². The quantitative estimate of drug-likeness (QED) is 0.609. The van der Waals surface area contributed by atoms with E-state index in [1.54, 1.807) is 17.5 Å². The minimum Gasteiger partial charge on any atom is -0.210 e. The molecular formula is C9H14ClNO2S2. The molecule has 1 aromatic rings. The van der Waals surface area contributed by atoms with Gasteiger partial charge >= 0.3 is 0 Å². The molecule has 15 heavy (non-hydrogen) atoms. The Morgan fingerprint density at radius 3 is 2.73 bits per heavy atom. The fourth-order valence-electron chi connectivity index (χ4n) is 1.09. The molecule has 1 rings (SSSR count). The molecule has 3 nitrogen and oxygen atoms in total. The molecule has 0 saturated carbocycles. The lowest BCUT2D eigenvalue weighted by Gasteiger charge is -2.03. The van der Waals surface area contributed by atoms with E-state index in [1.807, 2.05) is 0 Å². The van der Waals surface area contributed by atoms with Gasteiger partial charge in [-0.05, 0) is 24.3 Å². The number of rotatable bonds is 7. The Hall–Kier alpha value is -0.100. The second-order valence-corrected chi connectivity index (χ2v) is 6.40. The van der Waals surface area contributed by atoms with E-state index in [4.69, 9.17) is 11.6 Å². The van der Waals surface area contributed by atoms with Crippen LogP contribution in [-0.2, 0) is 10.0 Å². The lowest BCUT2D eigenvalue weighted by molar-refractivity contribution is 0.578. The van der Waals surface area contributed by atoms with E-state index in [1.165, 1.54) is 11.3 Å².